The molecular formula is C26H28N2O2. The fourth-order valence-corrected chi connectivity index (χ4v) is 4.65. The summed E-state index contributed by atoms with van der Waals surface area (Å²) < 4.78 is 0. The zero-order chi connectivity index (χ0) is 20.9. The highest BCUT2D eigenvalue weighted by atomic mass is 16.2. The normalized spacial score (nSPS) is 19.5. The van der Waals surface area contributed by atoms with Crippen LogP contribution < -0.4 is 10.6 Å². The van der Waals surface area contributed by atoms with Crippen LogP contribution >= 0.6 is 0 Å². The molecule has 154 valence electrons. The summed E-state index contributed by atoms with van der Waals surface area (Å²) in [5, 5.41) is 9.02. The Morgan fingerprint density at radius 3 is 2.60 bits per heavy atom. The van der Waals surface area contributed by atoms with E-state index in [9.17, 15) is 9.59 Å². The topological polar surface area (TPSA) is 58.2 Å². The van der Waals surface area contributed by atoms with Crippen LogP contribution in [0.3, 0.4) is 0 Å². The molecule has 0 radical (unpaired) electrons. The molecule has 4 nitrogen and oxygen atoms in total. The minimum Gasteiger partial charge on any atom is -0.345 e. The van der Waals surface area contributed by atoms with Crippen LogP contribution in [0.1, 0.15) is 59.6 Å². The summed E-state index contributed by atoms with van der Waals surface area (Å²) in [4.78, 5) is 22.4. The first-order chi connectivity index (χ1) is 14.7. The fraction of sp³-hybridized carbons (Fsp3) is 0.308. The molecule has 0 heterocycles. The van der Waals surface area contributed by atoms with E-state index in [-0.39, 0.29) is 12.5 Å². The number of nitrogens with one attached hydrogen (secondary N) is 2. The zero-order valence-corrected chi connectivity index (χ0v) is 17.3. The van der Waals surface area contributed by atoms with Gasteiger partial charge in [-0.25, -0.2) is 0 Å². The Bertz CT molecular complexity index is 1020. The lowest BCUT2D eigenvalue weighted by atomic mass is 9.96. The summed E-state index contributed by atoms with van der Waals surface area (Å²) in [6, 6.07) is 23.7. The molecule has 0 bridgehead atoms. The van der Waals surface area contributed by atoms with Crippen LogP contribution in [0.4, 0.5) is 0 Å². The third-order valence-electron chi connectivity index (χ3n) is 6.20. The molecular weight excluding hydrogens is 372 g/mol. The second kappa shape index (κ2) is 9.23. The quantitative estimate of drug-likeness (QED) is 0.563. The van der Waals surface area contributed by atoms with Crippen LogP contribution in [-0.2, 0) is 4.79 Å². The number of hydrogen-bond donors (Lipinski definition) is 2. The van der Waals surface area contributed by atoms with Crippen LogP contribution in [-0.4, -0.2) is 24.8 Å². The third kappa shape index (κ3) is 4.44. The molecule has 4 heteroatoms. The van der Waals surface area contributed by atoms with Crippen molar-refractivity contribution in [2.45, 2.75) is 44.2 Å². The summed E-state index contributed by atoms with van der Waals surface area (Å²) in [5.74, 6) is 0.304. The minimum atomic E-state index is -0.205. The van der Waals surface area contributed by atoms with Crippen molar-refractivity contribution in [1.29, 1.82) is 0 Å². The summed E-state index contributed by atoms with van der Waals surface area (Å²) in [6.45, 7) is 2.30. The number of rotatable bonds is 7. The van der Waals surface area contributed by atoms with Gasteiger partial charge in [-0.1, -0.05) is 54.6 Å². The van der Waals surface area contributed by atoms with Gasteiger partial charge in [0.05, 0.1) is 6.54 Å². The van der Waals surface area contributed by atoms with E-state index in [0.717, 1.165) is 19.3 Å². The maximum atomic E-state index is 12.0. The van der Waals surface area contributed by atoms with Crippen molar-refractivity contribution < 1.29 is 9.59 Å². The van der Waals surface area contributed by atoms with Crippen molar-refractivity contribution >= 4 is 23.0 Å². The Hall–Kier alpha value is -2.98. The predicted octanol–water partition coefficient (Wildman–Crippen LogP) is 4.76. The molecule has 0 saturated heterocycles. The van der Waals surface area contributed by atoms with E-state index >= 15 is 0 Å². The van der Waals surface area contributed by atoms with Crippen LogP contribution in [0.2, 0.25) is 0 Å². The van der Waals surface area contributed by atoms with Crippen molar-refractivity contribution in [3.63, 3.8) is 0 Å². The lowest BCUT2D eigenvalue weighted by molar-refractivity contribution is -0.107. The van der Waals surface area contributed by atoms with Gasteiger partial charge in [0.15, 0.2) is 0 Å². The maximum Gasteiger partial charge on any atom is 0.251 e. The predicted molar refractivity (Wildman–Crippen MR) is 121 cm³/mol. The van der Waals surface area contributed by atoms with Crippen LogP contribution in [0, 0.1) is 0 Å². The van der Waals surface area contributed by atoms with Crippen molar-refractivity contribution in [1.82, 2.24) is 10.6 Å². The van der Waals surface area contributed by atoms with E-state index in [4.69, 9.17) is 0 Å². The van der Waals surface area contributed by atoms with Gasteiger partial charge in [-0.15, -0.1) is 0 Å². The molecule has 0 aliphatic heterocycles. The molecule has 4 rings (SSSR count). The maximum absolute atomic E-state index is 12.0. The average molecular weight is 401 g/mol. The monoisotopic (exact) mass is 400 g/mol. The van der Waals surface area contributed by atoms with Crippen LogP contribution in [0.15, 0.2) is 66.7 Å². The van der Waals surface area contributed by atoms with Gasteiger partial charge in [-0.05, 0) is 66.1 Å². The molecule has 0 spiro atoms. The highest BCUT2D eigenvalue weighted by Crippen LogP contribution is 2.36. The molecule has 0 aromatic heterocycles. The Kier molecular flexibility index (Phi) is 6.24. The Balaban J connectivity index is 1.38. The van der Waals surface area contributed by atoms with E-state index in [1.165, 1.54) is 21.9 Å². The molecule has 0 unspecified atom stereocenters. The second-order valence-corrected chi connectivity index (χ2v) is 8.16. The van der Waals surface area contributed by atoms with Gasteiger partial charge >= 0.3 is 0 Å². The lowest BCUT2D eigenvalue weighted by Crippen LogP contribution is -2.29. The molecule has 3 atom stereocenters. The van der Waals surface area contributed by atoms with Gasteiger partial charge in [0.1, 0.15) is 6.29 Å². The van der Waals surface area contributed by atoms with E-state index in [1.54, 1.807) is 0 Å². The summed E-state index contributed by atoms with van der Waals surface area (Å²) in [6.07, 6.45) is 4.10. The van der Waals surface area contributed by atoms with Gasteiger partial charge in [0, 0.05) is 17.6 Å². The van der Waals surface area contributed by atoms with E-state index in [1.807, 2.05) is 12.1 Å². The first-order valence-corrected chi connectivity index (χ1v) is 10.7. The number of carbonyl (C=O) groups is 2. The molecule has 1 fully saturated rings. The highest BCUT2D eigenvalue weighted by molar-refractivity contribution is 5.95. The van der Waals surface area contributed by atoms with Crippen LogP contribution in [0.5, 0.6) is 0 Å². The van der Waals surface area contributed by atoms with Crippen molar-refractivity contribution in [2.24, 2.45) is 0 Å². The number of amides is 1. The second-order valence-electron chi connectivity index (χ2n) is 8.16. The van der Waals surface area contributed by atoms with E-state index in [0.29, 0.717) is 29.9 Å². The molecule has 1 aliphatic carbocycles. The Labute approximate surface area is 177 Å². The molecule has 3 aromatic rings. The van der Waals surface area contributed by atoms with Gasteiger partial charge in [-0.2, -0.15) is 0 Å². The smallest absolute Gasteiger partial charge is 0.251 e. The SMILES string of the molecule is C[C@@H](N[C@H]1CC[C@@H](c2ccc(C(=O)NCC=O)cc2)C1)c1cccc2ccccc12. The number of aldehydes is 1. The number of benzene rings is 3. The molecule has 3 aromatic carbocycles. The van der Waals surface area contributed by atoms with Crippen LogP contribution in [0.25, 0.3) is 10.8 Å². The van der Waals surface area contributed by atoms with E-state index in [2.05, 4.69) is 72.2 Å². The Morgan fingerprint density at radius 2 is 1.80 bits per heavy atom. The zero-order valence-electron chi connectivity index (χ0n) is 17.3. The van der Waals surface area contributed by atoms with Gasteiger partial charge < -0.3 is 15.4 Å². The van der Waals surface area contributed by atoms with E-state index < -0.39 is 0 Å². The number of carbonyl (C=O) groups excluding carboxylic acids is 2. The third-order valence-corrected chi connectivity index (χ3v) is 6.20. The molecule has 1 saturated carbocycles. The van der Waals surface area contributed by atoms with Gasteiger partial charge in [0.25, 0.3) is 5.91 Å². The molecule has 2 N–H and O–H groups in total. The first-order valence-electron chi connectivity index (χ1n) is 10.7. The lowest BCUT2D eigenvalue weighted by Gasteiger charge is -2.21. The van der Waals surface area contributed by atoms with Gasteiger partial charge in [-0.3, -0.25) is 4.79 Å². The van der Waals surface area contributed by atoms with Crippen molar-refractivity contribution in [2.75, 3.05) is 6.54 Å². The first kappa shape index (κ1) is 20.3. The Morgan fingerprint density at radius 1 is 1.03 bits per heavy atom. The largest absolute Gasteiger partial charge is 0.345 e. The van der Waals surface area contributed by atoms with Crippen molar-refractivity contribution in [3.8, 4) is 0 Å². The summed E-state index contributed by atoms with van der Waals surface area (Å²) in [5.41, 5.74) is 3.23. The standard InChI is InChI=1S/C26H28N2O2/c1-18(24-8-4-6-20-5-2-3-7-25(20)24)28-23-14-13-22(17-23)19-9-11-21(12-10-19)26(30)27-15-16-29/h2-12,16,18,22-23,28H,13-15,17H2,1H3,(H,27,30)/t18-,22-,23+/m1/s1. The van der Waals surface area contributed by atoms with Crippen molar-refractivity contribution in [3.05, 3.63) is 83.4 Å². The number of fused-ring (bicyclic) bond motifs is 1. The summed E-state index contributed by atoms with van der Waals surface area (Å²) in [7, 11) is 0. The highest BCUT2D eigenvalue weighted by Gasteiger charge is 2.27. The molecule has 1 amide bonds. The van der Waals surface area contributed by atoms with Gasteiger partial charge in [0.2, 0.25) is 0 Å². The number of hydrogen-bond acceptors (Lipinski definition) is 3. The average Bonchev–Trinajstić information content (AvgIpc) is 3.25. The summed E-state index contributed by atoms with van der Waals surface area (Å²) >= 11 is 0. The fourth-order valence-electron chi connectivity index (χ4n) is 4.65. The molecule has 1 aliphatic rings. The molecule has 30 heavy (non-hydrogen) atoms. The minimum absolute atomic E-state index is 0.0471.